The van der Waals surface area contributed by atoms with Crippen LogP contribution in [0.5, 0.6) is 0 Å². The molecule has 11 nitrogen and oxygen atoms in total. The summed E-state index contributed by atoms with van der Waals surface area (Å²) in [6.07, 6.45) is 71.8. The van der Waals surface area contributed by atoms with Gasteiger partial charge in [0.05, 0.1) is 32.0 Å². The second-order valence-electron chi connectivity index (χ2n) is 25.6. The van der Waals surface area contributed by atoms with Gasteiger partial charge in [0.2, 0.25) is 5.91 Å². The van der Waals surface area contributed by atoms with Gasteiger partial charge in [-0.15, -0.1) is 0 Å². The van der Waals surface area contributed by atoms with Crippen LogP contribution in [0.15, 0.2) is 36.5 Å². The highest BCUT2D eigenvalue weighted by Crippen LogP contribution is 2.24. The molecule has 1 rings (SSSR count). The Hall–Kier alpha value is -2.12. The highest BCUT2D eigenvalue weighted by molar-refractivity contribution is 5.76. The Morgan fingerprint density at radius 2 is 0.765 bits per heavy atom. The number of unbranched alkanes of at least 4 members (excludes halogenated alkanes) is 47. The molecule has 0 saturated carbocycles. The van der Waals surface area contributed by atoms with Crippen LogP contribution in [-0.4, -0.2) is 100 Å². The molecule has 0 spiro atoms. The third-order valence-electron chi connectivity index (χ3n) is 17.5. The molecule has 0 aliphatic carbocycles. The molecule has 1 heterocycles. The Bertz CT molecular complexity index is 1510. The number of ether oxygens (including phenoxy) is 3. The van der Waals surface area contributed by atoms with E-state index in [1.807, 2.05) is 6.08 Å². The first-order valence-electron chi connectivity index (χ1n) is 36.8. The largest absolute Gasteiger partial charge is 0.466 e. The fraction of sp³-hybridized carbons (Fsp3) is 0.892. The van der Waals surface area contributed by atoms with Crippen molar-refractivity contribution in [2.45, 2.75) is 403 Å². The van der Waals surface area contributed by atoms with Gasteiger partial charge in [-0.2, -0.15) is 0 Å². The Morgan fingerprint density at radius 3 is 1.14 bits per heavy atom. The average molecular weight is 1200 g/mol. The average Bonchev–Trinajstić information content (AvgIpc) is 3.67. The van der Waals surface area contributed by atoms with E-state index in [4.69, 9.17) is 14.2 Å². The summed E-state index contributed by atoms with van der Waals surface area (Å²) in [4.78, 5) is 25.1. The molecule has 0 aromatic rings. The van der Waals surface area contributed by atoms with E-state index in [1.165, 1.54) is 263 Å². The molecule has 1 amide bonds. The van der Waals surface area contributed by atoms with E-state index >= 15 is 0 Å². The minimum absolute atomic E-state index is 0.0156. The number of aliphatic hydroxyl groups excluding tert-OH is 5. The summed E-state index contributed by atoms with van der Waals surface area (Å²) >= 11 is 0. The molecule has 1 aliphatic heterocycles. The molecule has 0 aromatic heterocycles. The van der Waals surface area contributed by atoms with Crippen LogP contribution in [0, 0.1) is 0 Å². The summed E-state index contributed by atoms with van der Waals surface area (Å²) in [5, 5.41) is 54.4. The van der Waals surface area contributed by atoms with Gasteiger partial charge < -0.3 is 45.1 Å². The second-order valence-corrected chi connectivity index (χ2v) is 25.6. The molecule has 7 atom stereocenters. The van der Waals surface area contributed by atoms with Crippen LogP contribution in [0.1, 0.15) is 361 Å². The van der Waals surface area contributed by atoms with E-state index in [0.29, 0.717) is 19.4 Å². The molecule has 0 radical (unpaired) electrons. The Labute approximate surface area is 523 Å². The predicted molar refractivity (Wildman–Crippen MR) is 357 cm³/mol. The highest BCUT2D eigenvalue weighted by Gasteiger charge is 2.44. The summed E-state index contributed by atoms with van der Waals surface area (Å²) in [6, 6.07) is -0.830. The second kappa shape index (κ2) is 63.4. The quantitative estimate of drug-likeness (QED) is 0.0195. The van der Waals surface area contributed by atoms with Crippen molar-refractivity contribution >= 4 is 11.9 Å². The number of amides is 1. The third-order valence-corrected chi connectivity index (χ3v) is 17.5. The van der Waals surface area contributed by atoms with E-state index in [9.17, 15) is 35.1 Å². The molecule has 7 unspecified atom stereocenters. The van der Waals surface area contributed by atoms with Crippen LogP contribution < -0.4 is 5.32 Å². The summed E-state index contributed by atoms with van der Waals surface area (Å²) in [7, 11) is 0. The maximum Gasteiger partial charge on any atom is 0.305 e. The van der Waals surface area contributed by atoms with E-state index < -0.39 is 49.5 Å². The zero-order chi connectivity index (χ0) is 61.6. The summed E-state index contributed by atoms with van der Waals surface area (Å²) in [6.45, 7) is 4.28. The third kappa shape index (κ3) is 52.4. The lowest BCUT2D eigenvalue weighted by atomic mass is 9.99. The zero-order valence-electron chi connectivity index (χ0n) is 55.6. The van der Waals surface area contributed by atoms with Crippen molar-refractivity contribution in [2.75, 3.05) is 19.8 Å². The SMILES string of the molecule is CCC/C=C/CC/C=C/CC/C=C/C(O)C(COC1OC(CO)C(O)C(O)C1O)NC(=O)CCCCCCCCCCCCCCCCCCCCCCCCCCCCCCCCCCCCCOC(=O)CCCCCCCCCCCCC. The fourth-order valence-corrected chi connectivity index (χ4v) is 11.7. The lowest BCUT2D eigenvalue weighted by Gasteiger charge is -2.40. The van der Waals surface area contributed by atoms with Gasteiger partial charge in [0.25, 0.3) is 0 Å². The Balaban J connectivity index is 1.90. The van der Waals surface area contributed by atoms with Crippen molar-refractivity contribution < 1.29 is 49.3 Å². The predicted octanol–water partition coefficient (Wildman–Crippen LogP) is 19.0. The van der Waals surface area contributed by atoms with Crippen molar-refractivity contribution in [3.05, 3.63) is 36.5 Å². The number of carbonyl (C=O) groups excluding carboxylic acids is 2. The number of hydrogen-bond acceptors (Lipinski definition) is 10. The van der Waals surface area contributed by atoms with Crippen LogP contribution in [-0.2, 0) is 23.8 Å². The molecule has 1 fully saturated rings. The number of rotatable bonds is 65. The standard InChI is InChI=1S/C74H139NO10/c1-3-5-7-9-11-13-40-44-48-52-56-60-67(77)66(65-84-74-73(82)72(81)71(80)68(64-76)85-74)75-69(78)61-57-53-49-45-42-38-36-34-32-30-28-26-24-22-20-18-16-15-17-19-21-23-25-27-29-31-33-35-37-39-43-47-51-55-59-63-83-70(79)62-58-54-50-46-41-14-12-10-8-6-4-2/h7,9,40,44,56,60,66-68,71-74,76-77,80-82H,3-6,8,10-39,41-43,45-55,57-59,61-65H2,1-2H3,(H,75,78)/b9-7+,44-40+,60-56+. The van der Waals surface area contributed by atoms with Crippen molar-refractivity contribution in [3.8, 4) is 0 Å². The number of carbonyl (C=O) groups is 2. The maximum absolute atomic E-state index is 13.0. The first-order chi connectivity index (χ1) is 41.7. The molecule has 500 valence electrons. The fourth-order valence-electron chi connectivity index (χ4n) is 11.7. The van der Waals surface area contributed by atoms with Crippen molar-refractivity contribution in [2.24, 2.45) is 0 Å². The summed E-state index contributed by atoms with van der Waals surface area (Å²) < 4.78 is 16.7. The van der Waals surface area contributed by atoms with Gasteiger partial charge in [0.15, 0.2) is 6.29 Å². The first-order valence-corrected chi connectivity index (χ1v) is 36.8. The van der Waals surface area contributed by atoms with E-state index in [2.05, 4.69) is 43.5 Å². The monoisotopic (exact) mass is 1200 g/mol. The van der Waals surface area contributed by atoms with E-state index in [1.54, 1.807) is 6.08 Å². The van der Waals surface area contributed by atoms with E-state index in [0.717, 1.165) is 70.6 Å². The number of esters is 1. The number of allylic oxidation sites excluding steroid dienone is 5. The Kier molecular flexibility index (Phi) is 60.4. The topological polar surface area (TPSA) is 175 Å². The minimum Gasteiger partial charge on any atom is -0.466 e. The van der Waals surface area contributed by atoms with Gasteiger partial charge in [-0.25, -0.2) is 0 Å². The van der Waals surface area contributed by atoms with Crippen LogP contribution in [0.25, 0.3) is 0 Å². The summed E-state index contributed by atoms with van der Waals surface area (Å²) in [5.41, 5.74) is 0. The van der Waals surface area contributed by atoms with Gasteiger partial charge >= 0.3 is 5.97 Å². The van der Waals surface area contributed by atoms with Gasteiger partial charge in [0.1, 0.15) is 24.4 Å². The molecule has 1 aliphatic rings. The highest BCUT2D eigenvalue weighted by atomic mass is 16.7. The number of nitrogens with one attached hydrogen (secondary N) is 1. The van der Waals surface area contributed by atoms with Crippen LogP contribution in [0.3, 0.4) is 0 Å². The molecule has 6 N–H and O–H groups in total. The maximum atomic E-state index is 13.0. The minimum atomic E-state index is -1.58. The van der Waals surface area contributed by atoms with Crippen LogP contribution in [0.2, 0.25) is 0 Å². The smallest absolute Gasteiger partial charge is 0.305 e. The van der Waals surface area contributed by atoms with Gasteiger partial charge in [-0.3, -0.25) is 9.59 Å². The lowest BCUT2D eigenvalue weighted by molar-refractivity contribution is -0.302. The summed E-state index contributed by atoms with van der Waals surface area (Å²) in [5.74, 6) is -0.176. The molecule has 11 heteroatoms. The molecular weight excluding hydrogens is 1060 g/mol. The van der Waals surface area contributed by atoms with Gasteiger partial charge in [-0.1, -0.05) is 333 Å². The first kappa shape index (κ1) is 80.9. The number of hydrogen-bond donors (Lipinski definition) is 6. The molecule has 1 saturated heterocycles. The molecule has 85 heavy (non-hydrogen) atoms. The molecule has 0 aromatic carbocycles. The van der Waals surface area contributed by atoms with Gasteiger partial charge in [0, 0.05) is 12.8 Å². The zero-order valence-corrected chi connectivity index (χ0v) is 55.6. The van der Waals surface area contributed by atoms with Gasteiger partial charge in [-0.05, 0) is 51.4 Å². The number of aliphatic hydroxyl groups is 5. The van der Waals surface area contributed by atoms with Crippen molar-refractivity contribution in [1.82, 2.24) is 5.32 Å². The molecule has 0 bridgehead atoms. The normalized spacial score (nSPS) is 18.1. The van der Waals surface area contributed by atoms with E-state index in [-0.39, 0.29) is 18.5 Å². The molecular formula is C74H139NO10. The lowest BCUT2D eigenvalue weighted by Crippen LogP contribution is -2.60. The Morgan fingerprint density at radius 1 is 0.424 bits per heavy atom. The van der Waals surface area contributed by atoms with Crippen LogP contribution >= 0.6 is 0 Å². The van der Waals surface area contributed by atoms with Crippen LogP contribution in [0.4, 0.5) is 0 Å². The van der Waals surface area contributed by atoms with Crippen molar-refractivity contribution in [1.29, 1.82) is 0 Å². The van der Waals surface area contributed by atoms with Crippen molar-refractivity contribution in [3.63, 3.8) is 0 Å².